The maximum Gasteiger partial charge on any atom is 0.322 e. The van der Waals surface area contributed by atoms with Gasteiger partial charge in [0.15, 0.2) is 0 Å². The Kier molecular flexibility index (Phi) is 6.95. The number of amides is 2. The van der Waals surface area contributed by atoms with Crippen molar-refractivity contribution in [3.63, 3.8) is 0 Å². The molecule has 0 saturated carbocycles. The summed E-state index contributed by atoms with van der Waals surface area (Å²) >= 11 is 0. The normalized spacial score (nSPS) is 11.4. The van der Waals surface area contributed by atoms with Gasteiger partial charge in [0.05, 0.1) is 11.9 Å². The number of carbonyl (C=O) groups is 1. The van der Waals surface area contributed by atoms with Crippen LogP contribution in [0.15, 0.2) is 42.5 Å². The Morgan fingerprint density at radius 2 is 1.89 bits per heavy atom. The average Bonchev–Trinajstić information content (AvgIpc) is 2.55. The lowest BCUT2D eigenvalue weighted by molar-refractivity contribution is 0.201. The van der Waals surface area contributed by atoms with E-state index in [0.29, 0.717) is 18.2 Å². The molecule has 28 heavy (non-hydrogen) atoms. The highest BCUT2D eigenvalue weighted by Crippen LogP contribution is 2.19. The van der Waals surface area contributed by atoms with Crippen LogP contribution in [0.25, 0.3) is 0 Å². The van der Waals surface area contributed by atoms with E-state index < -0.39 is 27.8 Å². The molecule has 0 radical (unpaired) electrons. The summed E-state index contributed by atoms with van der Waals surface area (Å²) in [6.07, 6.45) is 0.940. The Morgan fingerprint density at radius 1 is 1.18 bits per heavy atom. The van der Waals surface area contributed by atoms with E-state index in [1.165, 1.54) is 17.0 Å². The van der Waals surface area contributed by atoms with Crippen LogP contribution in [-0.2, 0) is 16.7 Å². The number of anilines is 1. The minimum Gasteiger partial charge on any atom is -0.383 e. The van der Waals surface area contributed by atoms with Crippen LogP contribution in [0.2, 0.25) is 0 Å². The van der Waals surface area contributed by atoms with Crippen molar-refractivity contribution >= 4 is 21.8 Å². The fraction of sp³-hybridized carbons (Fsp3) is 0.316. The van der Waals surface area contributed by atoms with Crippen LogP contribution in [0.4, 0.5) is 19.3 Å². The largest absolute Gasteiger partial charge is 0.383 e. The molecule has 0 unspecified atom stereocenters. The molecule has 2 rings (SSSR count). The van der Waals surface area contributed by atoms with Gasteiger partial charge in [-0.2, -0.15) is 8.42 Å². The van der Waals surface area contributed by atoms with E-state index in [9.17, 15) is 22.0 Å². The summed E-state index contributed by atoms with van der Waals surface area (Å²) in [5, 5.41) is 2.43. The third-order valence-corrected chi connectivity index (χ3v) is 4.06. The van der Waals surface area contributed by atoms with Gasteiger partial charge >= 0.3 is 16.1 Å². The van der Waals surface area contributed by atoms with E-state index >= 15 is 0 Å². The molecule has 1 N–H and O–H groups in total. The van der Waals surface area contributed by atoms with Gasteiger partial charge in [-0.05, 0) is 35.7 Å². The minimum absolute atomic E-state index is 0.124. The quantitative estimate of drug-likeness (QED) is 0.698. The highest BCUT2D eigenvalue weighted by atomic mass is 32.2. The highest BCUT2D eigenvalue weighted by molar-refractivity contribution is 7.86. The first-order valence-electron chi connectivity index (χ1n) is 8.53. The second-order valence-electron chi connectivity index (χ2n) is 6.76. The molecule has 0 aliphatic carbocycles. The smallest absolute Gasteiger partial charge is 0.322 e. The zero-order chi connectivity index (χ0) is 20.9. The van der Waals surface area contributed by atoms with Crippen molar-refractivity contribution in [3.05, 3.63) is 59.7 Å². The summed E-state index contributed by atoms with van der Waals surface area (Å²) in [7, 11) is -3.67. The summed E-state index contributed by atoms with van der Waals surface area (Å²) in [6, 6.07) is 8.66. The van der Waals surface area contributed by atoms with Crippen molar-refractivity contribution < 1.29 is 26.2 Å². The molecule has 0 spiro atoms. The Balaban J connectivity index is 2.19. The van der Waals surface area contributed by atoms with Crippen molar-refractivity contribution in [1.29, 1.82) is 0 Å². The summed E-state index contributed by atoms with van der Waals surface area (Å²) in [5.41, 5.74) is 0.505. The fourth-order valence-corrected chi connectivity index (χ4v) is 2.99. The zero-order valence-electron chi connectivity index (χ0n) is 15.8. The van der Waals surface area contributed by atoms with Crippen molar-refractivity contribution in [2.45, 2.75) is 20.4 Å². The number of hydrogen-bond donors (Lipinski definition) is 1. The number of nitrogens with one attached hydrogen (secondary N) is 1. The zero-order valence-corrected chi connectivity index (χ0v) is 16.6. The number of halogens is 2. The van der Waals surface area contributed by atoms with E-state index in [4.69, 9.17) is 4.18 Å². The minimum atomic E-state index is -3.67. The number of rotatable bonds is 7. The standard InChI is InChI=1S/C19H22F2N2O4S/c1-13(2)11-23(19(24)22-18-8-7-15(20)10-17(18)21)12-14-5-4-6-16(9-14)27-28(3,25)26/h4-10,13H,11-12H2,1-3H3,(H,22,24). The van der Waals surface area contributed by atoms with Gasteiger partial charge in [-0.15, -0.1) is 0 Å². The first-order valence-corrected chi connectivity index (χ1v) is 10.3. The summed E-state index contributed by atoms with van der Waals surface area (Å²) < 4.78 is 54.3. The van der Waals surface area contributed by atoms with E-state index in [1.807, 2.05) is 13.8 Å². The number of benzene rings is 2. The fourth-order valence-electron chi connectivity index (χ4n) is 2.54. The Hall–Kier alpha value is -2.68. The molecule has 0 aromatic heterocycles. The van der Waals surface area contributed by atoms with Gasteiger partial charge in [0, 0.05) is 19.2 Å². The molecule has 6 nitrogen and oxygen atoms in total. The van der Waals surface area contributed by atoms with Gasteiger partial charge in [0.25, 0.3) is 0 Å². The second kappa shape index (κ2) is 9.01. The molecule has 0 heterocycles. The monoisotopic (exact) mass is 412 g/mol. The number of hydrogen-bond acceptors (Lipinski definition) is 4. The van der Waals surface area contributed by atoms with E-state index in [-0.39, 0.29) is 23.9 Å². The molecule has 2 amide bonds. The molecular formula is C19H22F2N2O4S. The lowest BCUT2D eigenvalue weighted by Crippen LogP contribution is -2.37. The number of nitrogens with zero attached hydrogens (tertiary/aromatic N) is 1. The predicted molar refractivity (Wildman–Crippen MR) is 103 cm³/mol. The molecule has 0 aliphatic rings. The average molecular weight is 412 g/mol. The van der Waals surface area contributed by atoms with Crippen LogP contribution >= 0.6 is 0 Å². The molecule has 9 heteroatoms. The van der Waals surface area contributed by atoms with Gasteiger partial charge in [-0.25, -0.2) is 13.6 Å². The van der Waals surface area contributed by atoms with Crippen LogP contribution in [0.1, 0.15) is 19.4 Å². The van der Waals surface area contributed by atoms with Crippen molar-refractivity contribution in [2.24, 2.45) is 5.92 Å². The molecule has 0 fully saturated rings. The molecule has 0 saturated heterocycles. The van der Waals surface area contributed by atoms with Gasteiger partial charge in [-0.1, -0.05) is 26.0 Å². The number of urea groups is 1. The van der Waals surface area contributed by atoms with E-state index in [2.05, 4.69) is 5.32 Å². The topological polar surface area (TPSA) is 75.7 Å². The van der Waals surface area contributed by atoms with Crippen LogP contribution in [0.5, 0.6) is 5.75 Å². The molecule has 0 aliphatic heterocycles. The lowest BCUT2D eigenvalue weighted by Gasteiger charge is -2.25. The first-order chi connectivity index (χ1) is 13.0. The van der Waals surface area contributed by atoms with Crippen molar-refractivity contribution in [1.82, 2.24) is 4.90 Å². The molecular weight excluding hydrogens is 390 g/mol. The van der Waals surface area contributed by atoms with Crippen LogP contribution in [-0.4, -0.2) is 32.1 Å². The van der Waals surface area contributed by atoms with Crippen LogP contribution in [0.3, 0.4) is 0 Å². The molecule has 2 aromatic carbocycles. The summed E-state index contributed by atoms with van der Waals surface area (Å²) in [4.78, 5) is 14.1. The Labute approximate surface area is 163 Å². The predicted octanol–water partition coefficient (Wildman–Crippen LogP) is 3.99. The maximum absolute atomic E-state index is 13.8. The molecule has 0 atom stereocenters. The third kappa shape index (κ3) is 6.80. The molecule has 152 valence electrons. The molecule has 2 aromatic rings. The Bertz CT molecular complexity index is 949. The van der Waals surface area contributed by atoms with E-state index in [1.54, 1.807) is 12.1 Å². The van der Waals surface area contributed by atoms with Gasteiger partial charge < -0.3 is 14.4 Å². The third-order valence-electron chi connectivity index (χ3n) is 3.56. The van der Waals surface area contributed by atoms with Gasteiger partial charge in [0.1, 0.15) is 17.4 Å². The highest BCUT2D eigenvalue weighted by Gasteiger charge is 2.18. The number of carbonyl (C=O) groups excluding carboxylic acids is 1. The van der Waals surface area contributed by atoms with Gasteiger partial charge in [0.2, 0.25) is 0 Å². The molecule has 0 bridgehead atoms. The summed E-state index contributed by atoms with van der Waals surface area (Å²) in [6.45, 7) is 4.35. The van der Waals surface area contributed by atoms with Crippen LogP contribution < -0.4 is 9.50 Å². The second-order valence-corrected chi connectivity index (χ2v) is 8.34. The Morgan fingerprint density at radius 3 is 2.50 bits per heavy atom. The van der Waals surface area contributed by atoms with Gasteiger partial charge in [-0.3, -0.25) is 0 Å². The summed E-state index contributed by atoms with van der Waals surface area (Å²) in [5.74, 6) is -1.35. The van der Waals surface area contributed by atoms with Crippen LogP contribution in [0, 0.1) is 17.6 Å². The van der Waals surface area contributed by atoms with Crippen molar-refractivity contribution in [3.8, 4) is 5.75 Å². The van der Waals surface area contributed by atoms with Crippen molar-refractivity contribution in [2.75, 3.05) is 18.1 Å². The maximum atomic E-state index is 13.8. The van der Waals surface area contributed by atoms with E-state index in [0.717, 1.165) is 18.4 Å². The first kappa shape index (κ1) is 21.6. The SMILES string of the molecule is CC(C)CN(Cc1cccc(OS(C)(=O)=O)c1)C(=O)Nc1ccc(F)cc1F. The lowest BCUT2D eigenvalue weighted by atomic mass is 10.1.